The van der Waals surface area contributed by atoms with Crippen LogP contribution >= 0.6 is 7.92 Å². The molecule has 1 atom stereocenters. The summed E-state index contributed by atoms with van der Waals surface area (Å²) in [5.41, 5.74) is 9.61. The molecule has 0 bridgehead atoms. The Balaban J connectivity index is 1.30. The molecular weight excluding hydrogens is 579 g/mol. The molecule has 1 aliphatic heterocycles. The van der Waals surface area contributed by atoms with Gasteiger partial charge in [0.25, 0.3) is 0 Å². The quantitative estimate of drug-likeness (QED) is 0.180. The van der Waals surface area contributed by atoms with Crippen molar-refractivity contribution >= 4 is 34.6 Å². The number of aryl methyl sites for hydroxylation is 2. The number of para-hydroxylation sites is 1. The highest BCUT2D eigenvalue weighted by Crippen LogP contribution is 2.51. The van der Waals surface area contributed by atoms with E-state index >= 15 is 0 Å². The van der Waals surface area contributed by atoms with E-state index in [0.717, 1.165) is 28.4 Å². The Hall–Kier alpha value is -5.17. The van der Waals surface area contributed by atoms with Gasteiger partial charge in [-0.2, -0.15) is 0 Å². The molecule has 1 heterocycles. The highest BCUT2D eigenvalue weighted by atomic mass is 31.1. The third kappa shape index (κ3) is 4.78. The first-order chi connectivity index (χ1) is 22.6. The summed E-state index contributed by atoms with van der Waals surface area (Å²) >= 11 is 0. The van der Waals surface area contributed by atoms with Crippen LogP contribution in [0.25, 0.3) is 44.2 Å². The molecule has 222 valence electrons. The fraction of sp³-hybridized carbons (Fsp3) is 0.0698. The second-order valence-electron chi connectivity index (χ2n) is 11.8. The van der Waals surface area contributed by atoms with Gasteiger partial charge >= 0.3 is 0 Å². The molecule has 1 aliphatic rings. The first-order valence-electron chi connectivity index (χ1n) is 15.6. The van der Waals surface area contributed by atoms with Crippen LogP contribution in [0.5, 0.6) is 17.2 Å². The minimum absolute atomic E-state index is 0.908. The molecule has 0 saturated carbocycles. The number of methoxy groups -OCH3 is 1. The van der Waals surface area contributed by atoms with Crippen molar-refractivity contribution in [2.75, 3.05) is 7.11 Å². The Kier molecular flexibility index (Phi) is 7.16. The van der Waals surface area contributed by atoms with E-state index in [1.165, 1.54) is 60.1 Å². The lowest BCUT2D eigenvalue weighted by Crippen LogP contribution is -2.29. The van der Waals surface area contributed by atoms with E-state index in [0.29, 0.717) is 0 Å². The summed E-state index contributed by atoms with van der Waals surface area (Å²) in [5, 5.41) is 6.09. The van der Waals surface area contributed by atoms with Crippen LogP contribution in [-0.2, 0) is 0 Å². The van der Waals surface area contributed by atoms with Crippen LogP contribution in [0.2, 0.25) is 0 Å². The molecular formula is C43H33O2P. The number of fused-ring (bicyclic) bond motifs is 4. The van der Waals surface area contributed by atoms with E-state index in [2.05, 4.69) is 159 Å². The van der Waals surface area contributed by atoms with Gasteiger partial charge in [0, 0.05) is 21.5 Å². The number of rotatable bonds is 5. The number of hydrogen-bond donors (Lipinski definition) is 0. The molecule has 7 aromatic rings. The molecule has 0 saturated heterocycles. The highest BCUT2D eigenvalue weighted by Gasteiger charge is 2.34. The molecule has 46 heavy (non-hydrogen) atoms. The van der Waals surface area contributed by atoms with E-state index < -0.39 is 7.92 Å². The largest absolute Gasteiger partial charge is 0.496 e. The van der Waals surface area contributed by atoms with E-state index in [1.54, 1.807) is 7.11 Å². The second-order valence-corrected chi connectivity index (χ2v) is 13.9. The summed E-state index contributed by atoms with van der Waals surface area (Å²) in [7, 11) is 0.792. The lowest BCUT2D eigenvalue weighted by molar-refractivity contribution is 0.418. The number of hydrogen-bond acceptors (Lipinski definition) is 2. The average Bonchev–Trinajstić information content (AvgIpc) is 3.10. The van der Waals surface area contributed by atoms with Crippen LogP contribution in [0, 0.1) is 13.8 Å². The molecule has 0 aromatic heterocycles. The summed E-state index contributed by atoms with van der Waals surface area (Å²) in [6.45, 7) is 4.36. The Bertz CT molecular complexity index is 2250. The van der Waals surface area contributed by atoms with Crippen LogP contribution in [0.15, 0.2) is 146 Å². The zero-order valence-corrected chi connectivity index (χ0v) is 27.0. The van der Waals surface area contributed by atoms with E-state index in [-0.39, 0.29) is 0 Å². The maximum atomic E-state index is 6.93. The smallest absolute Gasteiger partial charge is 0.143 e. The first-order valence-corrected chi connectivity index (χ1v) is 17.0. The average molecular weight is 613 g/mol. The predicted octanol–water partition coefficient (Wildman–Crippen LogP) is 10.3. The Labute approximate surface area is 271 Å². The van der Waals surface area contributed by atoms with Crippen molar-refractivity contribution in [1.29, 1.82) is 0 Å². The maximum Gasteiger partial charge on any atom is 0.143 e. The van der Waals surface area contributed by atoms with Crippen molar-refractivity contribution in [1.82, 2.24) is 0 Å². The summed E-state index contributed by atoms with van der Waals surface area (Å²) < 4.78 is 12.9. The second kappa shape index (κ2) is 11.6. The topological polar surface area (TPSA) is 18.5 Å². The van der Waals surface area contributed by atoms with Gasteiger partial charge < -0.3 is 9.47 Å². The van der Waals surface area contributed by atoms with Crippen molar-refractivity contribution in [3.63, 3.8) is 0 Å². The van der Waals surface area contributed by atoms with Gasteiger partial charge in [0.15, 0.2) is 0 Å². The third-order valence-corrected chi connectivity index (χ3v) is 11.5. The minimum atomic E-state index is -0.978. The molecule has 7 aromatic carbocycles. The summed E-state index contributed by atoms with van der Waals surface area (Å²) in [6.07, 6.45) is 0. The van der Waals surface area contributed by atoms with Crippen molar-refractivity contribution < 1.29 is 9.47 Å². The van der Waals surface area contributed by atoms with Crippen LogP contribution in [0.3, 0.4) is 0 Å². The fourth-order valence-corrected chi connectivity index (χ4v) is 9.61. The zero-order chi connectivity index (χ0) is 31.2. The molecule has 0 N–H and O–H groups in total. The van der Waals surface area contributed by atoms with Gasteiger partial charge in [0.2, 0.25) is 0 Å². The number of benzene rings is 7. The highest BCUT2D eigenvalue weighted by molar-refractivity contribution is 7.81. The molecule has 8 rings (SSSR count). The standard InChI is InChI=1S/C43H33O2P/c1-28-20-24-38(44-3)41(26-28)46-40-19-11-18-35(42(40)45-39-25-22-31-14-7-8-16-36(31)43(39)46)32-21-23-33(29(2)27-32)37-17-10-9-15-34(37)30-12-5-4-6-13-30/h4-27H,1-3H3. The van der Waals surface area contributed by atoms with Crippen molar-refractivity contribution in [3.05, 3.63) is 157 Å². The molecule has 0 amide bonds. The number of ether oxygens (including phenoxy) is 2. The first kappa shape index (κ1) is 28.3. The van der Waals surface area contributed by atoms with E-state index in [4.69, 9.17) is 9.47 Å². The minimum Gasteiger partial charge on any atom is -0.496 e. The van der Waals surface area contributed by atoms with Crippen molar-refractivity contribution in [2.45, 2.75) is 13.8 Å². The normalized spacial score (nSPS) is 13.5. The van der Waals surface area contributed by atoms with Crippen LogP contribution in [0.1, 0.15) is 11.1 Å². The molecule has 0 spiro atoms. The van der Waals surface area contributed by atoms with Gasteiger partial charge in [-0.25, -0.2) is 0 Å². The van der Waals surface area contributed by atoms with Crippen LogP contribution in [-0.4, -0.2) is 7.11 Å². The molecule has 0 radical (unpaired) electrons. The predicted molar refractivity (Wildman–Crippen MR) is 195 cm³/mol. The maximum absolute atomic E-state index is 6.93. The van der Waals surface area contributed by atoms with Gasteiger partial charge in [0.05, 0.1) is 7.11 Å². The summed E-state index contributed by atoms with van der Waals surface area (Å²) in [4.78, 5) is 0. The Morgan fingerprint density at radius 1 is 0.543 bits per heavy atom. The van der Waals surface area contributed by atoms with Crippen LogP contribution in [0.4, 0.5) is 0 Å². The Morgan fingerprint density at radius 3 is 2.13 bits per heavy atom. The lowest BCUT2D eigenvalue weighted by Gasteiger charge is -2.32. The van der Waals surface area contributed by atoms with Gasteiger partial charge in [-0.15, -0.1) is 0 Å². The lowest BCUT2D eigenvalue weighted by atomic mass is 9.90. The Morgan fingerprint density at radius 2 is 1.30 bits per heavy atom. The molecule has 0 fully saturated rings. The van der Waals surface area contributed by atoms with Gasteiger partial charge in [-0.05, 0) is 84.1 Å². The van der Waals surface area contributed by atoms with E-state index in [1.807, 2.05) is 0 Å². The van der Waals surface area contributed by atoms with E-state index in [9.17, 15) is 0 Å². The molecule has 1 unspecified atom stereocenters. The SMILES string of the molecule is COc1ccc(C)cc1P1c2cccc(-c3ccc(-c4ccccc4-c4ccccc4)c(C)c3)c2Oc2ccc3ccccc3c21. The molecule has 2 nitrogen and oxygen atoms in total. The van der Waals surface area contributed by atoms with Gasteiger partial charge in [-0.3, -0.25) is 0 Å². The summed E-state index contributed by atoms with van der Waals surface area (Å²) in [6, 6.07) is 52.2. The monoisotopic (exact) mass is 612 g/mol. The van der Waals surface area contributed by atoms with Gasteiger partial charge in [-0.1, -0.05) is 133 Å². The third-order valence-electron chi connectivity index (χ3n) is 8.95. The van der Waals surface area contributed by atoms with Gasteiger partial charge in [0.1, 0.15) is 17.2 Å². The van der Waals surface area contributed by atoms with Crippen LogP contribution < -0.4 is 25.4 Å². The van der Waals surface area contributed by atoms with Crippen molar-refractivity contribution in [3.8, 4) is 50.6 Å². The zero-order valence-electron chi connectivity index (χ0n) is 26.1. The summed E-state index contributed by atoms with van der Waals surface area (Å²) in [5.74, 6) is 2.75. The molecule has 3 heteroatoms. The fourth-order valence-electron chi connectivity index (χ4n) is 6.76. The molecule has 0 aliphatic carbocycles. The van der Waals surface area contributed by atoms with Crippen molar-refractivity contribution in [2.24, 2.45) is 0 Å².